The van der Waals surface area contributed by atoms with Crippen molar-refractivity contribution in [1.82, 2.24) is 4.98 Å². The number of nitrogens with zero attached hydrogens (tertiary/aromatic N) is 1. The first-order valence-corrected chi connectivity index (χ1v) is 9.62. The van der Waals surface area contributed by atoms with Crippen LogP contribution in [0.5, 0.6) is 0 Å². The molecule has 0 radical (unpaired) electrons. The van der Waals surface area contributed by atoms with Crippen LogP contribution >= 0.6 is 11.3 Å². The maximum Gasteiger partial charge on any atom is 0.232 e. The molecule has 27 heavy (non-hydrogen) atoms. The molecular formula is C21H19N3O2S. The number of hydrogen-bond donors (Lipinski definition) is 2. The molecule has 0 bridgehead atoms. The number of rotatable bonds is 4. The smallest absolute Gasteiger partial charge is 0.232 e. The first kappa shape index (κ1) is 17.4. The molecule has 0 saturated heterocycles. The van der Waals surface area contributed by atoms with Crippen molar-refractivity contribution in [3.05, 3.63) is 64.5 Å². The summed E-state index contributed by atoms with van der Waals surface area (Å²) in [5.41, 5.74) is 5.95. The van der Waals surface area contributed by atoms with E-state index in [2.05, 4.69) is 41.6 Å². The molecule has 1 atom stereocenters. The van der Waals surface area contributed by atoms with Crippen LogP contribution in [0.25, 0.3) is 11.3 Å². The Morgan fingerprint density at radius 1 is 1.19 bits per heavy atom. The highest BCUT2D eigenvalue weighted by Crippen LogP contribution is 2.34. The second-order valence-corrected chi connectivity index (χ2v) is 7.58. The number of aryl methyl sites for hydroxylation is 2. The van der Waals surface area contributed by atoms with Gasteiger partial charge in [0.15, 0.2) is 5.13 Å². The van der Waals surface area contributed by atoms with Gasteiger partial charge in [0.05, 0.1) is 11.6 Å². The van der Waals surface area contributed by atoms with Gasteiger partial charge in [-0.1, -0.05) is 30.3 Å². The van der Waals surface area contributed by atoms with Crippen LogP contribution in [0.1, 0.15) is 29.0 Å². The Morgan fingerprint density at radius 3 is 2.81 bits per heavy atom. The number of hydrogen-bond acceptors (Lipinski definition) is 4. The number of thiazole rings is 1. The fraction of sp³-hybridized carbons (Fsp3) is 0.190. The predicted octanol–water partition coefficient (Wildman–Crippen LogP) is 4.49. The summed E-state index contributed by atoms with van der Waals surface area (Å²) in [6.45, 7) is 4.14. The Kier molecular flexibility index (Phi) is 4.49. The van der Waals surface area contributed by atoms with E-state index in [1.807, 2.05) is 35.7 Å². The van der Waals surface area contributed by atoms with Crippen molar-refractivity contribution in [3.63, 3.8) is 0 Å². The van der Waals surface area contributed by atoms with Gasteiger partial charge in [-0.3, -0.25) is 9.59 Å². The van der Waals surface area contributed by atoms with E-state index in [0.29, 0.717) is 5.13 Å². The second kappa shape index (κ2) is 6.96. The van der Waals surface area contributed by atoms with Crippen molar-refractivity contribution < 1.29 is 9.59 Å². The zero-order chi connectivity index (χ0) is 19.0. The van der Waals surface area contributed by atoms with Gasteiger partial charge in [0.1, 0.15) is 0 Å². The number of amides is 2. The van der Waals surface area contributed by atoms with Crippen LogP contribution in [0.15, 0.2) is 47.8 Å². The molecule has 1 aliphatic rings. The Balaban J connectivity index is 1.46. The van der Waals surface area contributed by atoms with Crippen LogP contribution in [-0.4, -0.2) is 16.8 Å². The highest BCUT2D eigenvalue weighted by molar-refractivity contribution is 7.14. The van der Waals surface area contributed by atoms with Gasteiger partial charge in [0.25, 0.3) is 0 Å². The molecule has 2 heterocycles. The third-order valence-corrected chi connectivity index (χ3v) is 5.61. The topological polar surface area (TPSA) is 71.1 Å². The van der Waals surface area contributed by atoms with Crippen molar-refractivity contribution in [2.24, 2.45) is 0 Å². The predicted molar refractivity (Wildman–Crippen MR) is 108 cm³/mol. The number of fused-ring (bicyclic) bond motifs is 1. The Morgan fingerprint density at radius 2 is 2.00 bits per heavy atom. The van der Waals surface area contributed by atoms with E-state index in [1.54, 1.807) is 0 Å². The zero-order valence-corrected chi connectivity index (χ0v) is 15.9. The molecule has 0 aliphatic carbocycles. The first-order chi connectivity index (χ1) is 13.0. The first-order valence-electron chi connectivity index (χ1n) is 8.74. The van der Waals surface area contributed by atoms with E-state index in [9.17, 15) is 9.59 Å². The summed E-state index contributed by atoms with van der Waals surface area (Å²) in [5.74, 6) is -0.811. The molecule has 1 unspecified atom stereocenters. The lowest BCUT2D eigenvalue weighted by molar-refractivity contribution is -0.122. The molecule has 0 saturated carbocycles. The average molecular weight is 377 g/mol. The number of aromatic nitrogens is 1. The summed E-state index contributed by atoms with van der Waals surface area (Å²) in [7, 11) is 0. The monoisotopic (exact) mass is 377 g/mol. The number of nitrogens with one attached hydrogen (secondary N) is 2. The zero-order valence-electron chi connectivity index (χ0n) is 15.1. The lowest BCUT2D eigenvalue weighted by Crippen LogP contribution is -2.20. The van der Waals surface area contributed by atoms with Crippen molar-refractivity contribution in [1.29, 1.82) is 0 Å². The third kappa shape index (κ3) is 3.48. The highest BCUT2D eigenvalue weighted by atomic mass is 32.1. The van der Waals surface area contributed by atoms with Gasteiger partial charge in [0.2, 0.25) is 11.8 Å². The SMILES string of the molecule is Cc1ccc(-c2csc(NC(=O)CC3C(=O)Nc4ccccc43)n2)cc1C. The highest BCUT2D eigenvalue weighted by Gasteiger charge is 2.32. The molecule has 2 N–H and O–H groups in total. The normalized spacial score (nSPS) is 15.3. The van der Waals surface area contributed by atoms with Crippen LogP contribution in [0, 0.1) is 13.8 Å². The van der Waals surface area contributed by atoms with Crippen molar-refractivity contribution in [3.8, 4) is 11.3 Å². The van der Waals surface area contributed by atoms with Crippen molar-refractivity contribution in [2.45, 2.75) is 26.2 Å². The van der Waals surface area contributed by atoms with Gasteiger partial charge < -0.3 is 10.6 Å². The second-order valence-electron chi connectivity index (χ2n) is 6.72. The quantitative estimate of drug-likeness (QED) is 0.704. The van der Waals surface area contributed by atoms with Crippen LogP contribution in [0.4, 0.5) is 10.8 Å². The van der Waals surface area contributed by atoms with Crippen LogP contribution in [-0.2, 0) is 9.59 Å². The minimum atomic E-state index is -0.458. The Bertz CT molecular complexity index is 1040. The lowest BCUT2D eigenvalue weighted by atomic mass is 9.97. The van der Waals surface area contributed by atoms with E-state index in [0.717, 1.165) is 22.5 Å². The molecule has 0 fully saturated rings. The summed E-state index contributed by atoms with van der Waals surface area (Å²) < 4.78 is 0. The number of anilines is 2. The molecule has 136 valence electrons. The fourth-order valence-corrected chi connectivity index (χ4v) is 3.93. The third-order valence-electron chi connectivity index (χ3n) is 4.85. The van der Waals surface area contributed by atoms with E-state index < -0.39 is 5.92 Å². The summed E-state index contributed by atoms with van der Waals surface area (Å²) >= 11 is 1.38. The van der Waals surface area contributed by atoms with Gasteiger partial charge >= 0.3 is 0 Å². The average Bonchev–Trinajstić information content (AvgIpc) is 3.22. The standard InChI is InChI=1S/C21H19N3O2S/c1-12-7-8-14(9-13(12)2)18-11-27-21(23-18)24-19(25)10-16-15-5-3-4-6-17(15)22-20(16)26/h3-9,11,16H,10H2,1-2H3,(H,22,26)(H,23,24,25). The van der Waals surface area contributed by atoms with Gasteiger partial charge in [-0.15, -0.1) is 11.3 Å². The minimum Gasteiger partial charge on any atom is -0.325 e. The number of carbonyl (C=O) groups excluding carboxylic acids is 2. The molecule has 2 amide bonds. The van der Waals surface area contributed by atoms with E-state index in [1.165, 1.54) is 22.5 Å². The van der Waals surface area contributed by atoms with E-state index in [-0.39, 0.29) is 18.2 Å². The number of carbonyl (C=O) groups is 2. The minimum absolute atomic E-state index is 0.0986. The van der Waals surface area contributed by atoms with Gasteiger partial charge in [-0.05, 0) is 42.7 Å². The molecule has 4 rings (SSSR count). The Labute approximate surface area is 161 Å². The molecule has 1 aliphatic heterocycles. The largest absolute Gasteiger partial charge is 0.325 e. The number of para-hydroxylation sites is 1. The molecule has 3 aromatic rings. The maximum absolute atomic E-state index is 12.4. The molecule has 5 nitrogen and oxygen atoms in total. The number of benzene rings is 2. The van der Waals surface area contributed by atoms with E-state index >= 15 is 0 Å². The van der Waals surface area contributed by atoms with Crippen LogP contribution < -0.4 is 10.6 Å². The summed E-state index contributed by atoms with van der Waals surface area (Å²) in [6.07, 6.45) is 0.0986. The molecule has 0 spiro atoms. The van der Waals surface area contributed by atoms with Crippen LogP contribution in [0.3, 0.4) is 0 Å². The van der Waals surface area contributed by atoms with Gasteiger partial charge in [0, 0.05) is 23.1 Å². The fourth-order valence-electron chi connectivity index (χ4n) is 3.20. The summed E-state index contributed by atoms with van der Waals surface area (Å²) in [6, 6.07) is 13.7. The van der Waals surface area contributed by atoms with Crippen molar-refractivity contribution in [2.75, 3.05) is 10.6 Å². The summed E-state index contributed by atoms with van der Waals surface area (Å²) in [5, 5.41) is 8.11. The van der Waals surface area contributed by atoms with Gasteiger partial charge in [-0.25, -0.2) is 4.98 Å². The molecular weight excluding hydrogens is 358 g/mol. The van der Waals surface area contributed by atoms with Crippen molar-refractivity contribution >= 4 is 34.0 Å². The lowest BCUT2D eigenvalue weighted by Gasteiger charge is -2.08. The van der Waals surface area contributed by atoms with Gasteiger partial charge in [-0.2, -0.15) is 0 Å². The Hall–Kier alpha value is -2.99. The molecule has 6 heteroatoms. The van der Waals surface area contributed by atoms with Crippen LogP contribution in [0.2, 0.25) is 0 Å². The van der Waals surface area contributed by atoms with E-state index in [4.69, 9.17) is 0 Å². The summed E-state index contributed by atoms with van der Waals surface area (Å²) in [4.78, 5) is 29.1. The maximum atomic E-state index is 12.4. The molecule has 1 aromatic heterocycles. The molecule has 2 aromatic carbocycles.